The van der Waals surface area contributed by atoms with Crippen molar-refractivity contribution in [2.45, 2.75) is 12.6 Å². The summed E-state index contributed by atoms with van der Waals surface area (Å²) in [6, 6.07) is 13.3. The Morgan fingerprint density at radius 3 is 2.64 bits per heavy atom. The maximum Gasteiger partial charge on any atom is 0.251 e. The van der Waals surface area contributed by atoms with E-state index in [1.165, 1.54) is 10.6 Å². The number of fused-ring (bicyclic) bond motifs is 1. The molecular formula is C25H20BrFN4O2. The first-order valence-electron chi connectivity index (χ1n) is 10.4. The normalized spacial score (nSPS) is 13.6. The van der Waals surface area contributed by atoms with Crippen LogP contribution in [0.25, 0.3) is 11.1 Å². The van der Waals surface area contributed by atoms with E-state index in [2.05, 4.69) is 26.0 Å². The van der Waals surface area contributed by atoms with Gasteiger partial charge in [0, 0.05) is 36.6 Å². The van der Waals surface area contributed by atoms with Gasteiger partial charge in [-0.3, -0.25) is 14.5 Å². The quantitative estimate of drug-likeness (QED) is 0.443. The third-order valence-electron chi connectivity index (χ3n) is 5.87. The molecule has 166 valence electrons. The Morgan fingerprint density at radius 2 is 1.94 bits per heavy atom. The number of aliphatic hydroxyl groups excluding tert-OH is 1. The maximum atomic E-state index is 13.6. The van der Waals surface area contributed by atoms with Crippen LogP contribution in [0.5, 0.6) is 0 Å². The van der Waals surface area contributed by atoms with Gasteiger partial charge in [-0.25, -0.2) is 4.39 Å². The number of aryl methyl sites for hydroxylation is 1. The molecule has 4 aromatic rings. The summed E-state index contributed by atoms with van der Waals surface area (Å²) in [5.74, 6) is -0.399. The van der Waals surface area contributed by atoms with Crippen molar-refractivity contribution in [2.24, 2.45) is 12.0 Å². The minimum absolute atomic E-state index is 0.256. The second kappa shape index (κ2) is 8.53. The monoisotopic (exact) mass is 506 g/mol. The van der Waals surface area contributed by atoms with Gasteiger partial charge < -0.3 is 9.67 Å². The van der Waals surface area contributed by atoms with E-state index in [-0.39, 0.29) is 16.6 Å². The minimum Gasteiger partial charge on any atom is -0.394 e. The van der Waals surface area contributed by atoms with Crippen molar-refractivity contribution in [3.05, 3.63) is 110 Å². The molecule has 0 fully saturated rings. The highest BCUT2D eigenvalue weighted by Gasteiger charge is 2.20. The SMILES string of the molecule is Cn1cc(C2=NCc3ccc(-c4ccn([C@H](CO)c5ccc(F)c(Br)c5)c(=O)c4)cc32)cn1. The number of halogens is 2. The van der Waals surface area contributed by atoms with Crippen molar-refractivity contribution in [3.8, 4) is 11.1 Å². The second-order valence-corrected chi connectivity index (χ2v) is 8.83. The molecule has 0 saturated heterocycles. The lowest BCUT2D eigenvalue weighted by Gasteiger charge is -2.19. The third-order valence-corrected chi connectivity index (χ3v) is 6.48. The van der Waals surface area contributed by atoms with Crippen LogP contribution in [0.4, 0.5) is 4.39 Å². The van der Waals surface area contributed by atoms with Crippen LogP contribution in [0.15, 0.2) is 81.4 Å². The molecule has 1 atom stereocenters. The highest BCUT2D eigenvalue weighted by atomic mass is 79.9. The Labute approximate surface area is 197 Å². The molecule has 1 aliphatic rings. The molecule has 0 aliphatic carbocycles. The summed E-state index contributed by atoms with van der Waals surface area (Å²) in [7, 11) is 1.87. The van der Waals surface area contributed by atoms with Crippen LogP contribution in [0.2, 0.25) is 0 Å². The molecule has 6 nitrogen and oxygen atoms in total. The van der Waals surface area contributed by atoms with Gasteiger partial charge in [-0.1, -0.05) is 18.2 Å². The Balaban J connectivity index is 1.49. The summed E-state index contributed by atoms with van der Waals surface area (Å²) < 4.78 is 17.1. The van der Waals surface area contributed by atoms with Crippen molar-refractivity contribution in [1.82, 2.24) is 14.3 Å². The number of nitrogens with zero attached hydrogens (tertiary/aromatic N) is 4. The Hall–Kier alpha value is -3.36. The van der Waals surface area contributed by atoms with E-state index in [1.807, 2.05) is 37.5 Å². The molecule has 33 heavy (non-hydrogen) atoms. The van der Waals surface area contributed by atoms with Gasteiger partial charge >= 0.3 is 0 Å². The Kier molecular flexibility index (Phi) is 5.55. The Bertz CT molecular complexity index is 1460. The van der Waals surface area contributed by atoms with Gasteiger partial charge in [0.2, 0.25) is 0 Å². The van der Waals surface area contributed by atoms with Gasteiger partial charge in [0.05, 0.1) is 35.6 Å². The molecule has 3 heterocycles. The van der Waals surface area contributed by atoms with Crippen LogP contribution in [0.1, 0.15) is 28.3 Å². The average Bonchev–Trinajstić information content (AvgIpc) is 3.43. The zero-order chi connectivity index (χ0) is 23.1. The number of hydrogen-bond donors (Lipinski definition) is 1. The standard InChI is InChI=1S/C25H20BrFN4O2/c1-30-13-19(12-29-30)25-20-8-15(2-3-18(20)11-28-25)16-6-7-31(24(33)10-16)23(14-32)17-4-5-22(27)21(26)9-17/h2-10,12-13,23,32H,11,14H2,1H3/t23-/m1/s1. The number of aromatic nitrogens is 3. The third kappa shape index (κ3) is 3.96. The van der Waals surface area contributed by atoms with Crippen molar-refractivity contribution in [1.29, 1.82) is 0 Å². The summed E-state index contributed by atoms with van der Waals surface area (Å²) in [6.07, 6.45) is 5.40. The highest BCUT2D eigenvalue weighted by molar-refractivity contribution is 9.10. The molecule has 1 N–H and O–H groups in total. The molecule has 2 aromatic carbocycles. The van der Waals surface area contributed by atoms with E-state index < -0.39 is 11.9 Å². The topological polar surface area (TPSA) is 72.4 Å². The minimum atomic E-state index is -0.618. The number of pyridine rings is 1. The van der Waals surface area contributed by atoms with Crippen LogP contribution in [0, 0.1) is 5.82 Å². The van der Waals surface area contributed by atoms with E-state index in [0.29, 0.717) is 12.1 Å². The fourth-order valence-electron chi connectivity index (χ4n) is 4.15. The van der Waals surface area contributed by atoms with Crippen molar-refractivity contribution < 1.29 is 9.50 Å². The molecule has 0 unspecified atom stereocenters. The van der Waals surface area contributed by atoms with Crippen LogP contribution >= 0.6 is 15.9 Å². The lowest BCUT2D eigenvalue weighted by atomic mass is 9.96. The Morgan fingerprint density at radius 1 is 1.12 bits per heavy atom. The van der Waals surface area contributed by atoms with Gasteiger partial charge in [0.1, 0.15) is 5.82 Å². The van der Waals surface area contributed by atoms with Crippen LogP contribution in [0.3, 0.4) is 0 Å². The summed E-state index contributed by atoms with van der Waals surface area (Å²) in [5.41, 5.74) is 6.08. The van der Waals surface area contributed by atoms with E-state index in [0.717, 1.165) is 33.5 Å². The molecule has 1 aliphatic heterocycles. The van der Waals surface area contributed by atoms with Crippen molar-refractivity contribution >= 4 is 21.6 Å². The number of benzene rings is 2. The molecule has 0 spiro atoms. The second-order valence-electron chi connectivity index (χ2n) is 7.97. The van der Waals surface area contributed by atoms with Crippen LogP contribution in [-0.2, 0) is 13.6 Å². The van der Waals surface area contributed by atoms with Gasteiger partial charge in [0.25, 0.3) is 5.56 Å². The molecule has 0 radical (unpaired) electrons. The van der Waals surface area contributed by atoms with Crippen LogP contribution < -0.4 is 5.56 Å². The van der Waals surface area contributed by atoms with E-state index in [9.17, 15) is 14.3 Å². The zero-order valence-corrected chi connectivity index (χ0v) is 19.3. The summed E-state index contributed by atoms with van der Waals surface area (Å²) in [6.45, 7) is 0.327. The molecule has 2 aromatic heterocycles. The van der Waals surface area contributed by atoms with Gasteiger partial charge in [-0.05, 0) is 62.4 Å². The largest absolute Gasteiger partial charge is 0.394 e. The van der Waals surface area contributed by atoms with Gasteiger partial charge in [-0.2, -0.15) is 5.10 Å². The number of hydrogen-bond acceptors (Lipinski definition) is 4. The first-order valence-corrected chi connectivity index (χ1v) is 11.2. The highest BCUT2D eigenvalue weighted by Crippen LogP contribution is 2.29. The maximum absolute atomic E-state index is 13.6. The first-order chi connectivity index (χ1) is 15.9. The molecule has 0 saturated carbocycles. The van der Waals surface area contributed by atoms with E-state index in [4.69, 9.17) is 0 Å². The predicted octanol–water partition coefficient (Wildman–Crippen LogP) is 4.08. The van der Waals surface area contributed by atoms with Crippen molar-refractivity contribution in [3.63, 3.8) is 0 Å². The lowest BCUT2D eigenvalue weighted by Crippen LogP contribution is -2.26. The molecular weight excluding hydrogens is 487 g/mol. The molecule has 0 bridgehead atoms. The van der Waals surface area contributed by atoms with E-state index >= 15 is 0 Å². The zero-order valence-electron chi connectivity index (χ0n) is 17.7. The predicted molar refractivity (Wildman–Crippen MR) is 128 cm³/mol. The number of aliphatic hydroxyl groups is 1. The van der Waals surface area contributed by atoms with E-state index in [1.54, 1.807) is 35.3 Å². The first kappa shape index (κ1) is 21.5. The molecule has 8 heteroatoms. The summed E-state index contributed by atoms with van der Waals surface area (Å²) in [4.78, 5) is 17.7. The fraction of sp³-hybridized carbons (Fsp3) is 0.160. The van der Waals surface area contributed by atoms with Crippen molar-refractivity contribution in [2.75, 3.05) is 6.61 Å². The van der Waals surface area contributed by atoms with Gasteiger partial charge in [0.15, 0.2) is 0 Å². The summed E-state index contributed by atoms with van der Waals surface area (Å²) >= 11 is 3.17. The number of aliphatic imine (C=N–C) groups is 1. The molecule has 0 amide bonds. The fourth-order valence-corrected chi connectivity index (χ4v) is 4.55. The molecule has 5 rings (SSSR count). The average molecular weight is 507 g/mol. The van der Waals surface area contributed by atoms with Gasteiger partial charge in [-0.15, -0.1) is 0 Å². The summed E-state index contributed by atoms with van der Waals surface area (Å²) in [5, 5.41) is 14.2. The number of rotatable bonds is 5. The van der Waals surface area contributed by atoms with Crippen LogP contribution in [-0.4, -0.2) is 31.8 Å². The lowest BCUT2D eigenvalue weighted by molar-refractivity contribution is 0.247. The smallest absolute Gasteiger partial charge is 0.251 e.